The standard InChI is InChI=1S/C83H115ClN18O13/c1-9-86-82(87-10-2)90-39-19-17-26-63(73(107)97-65(42-50(5)6)74(108)96-64(27-18-20-40-91-83(88-11-3)89-12-4)81(115)102-41-21-28-71(102)80(114)93-51(7)72(85)106)95-76(110)67(45-54-32-37-60(105)38-33-54)99-79(113)70(49-103)101-78(112)69(47-58-48-92-62-25-16-15-24-61(58)62)100-77(111)68(44-53-30-35-59(84)36-31-53)98-75(109)66(94-52(8)104)46-55-29-34-56-22-13-14-23-57(56)43-55/h13-16,22-25,29-38,43,48,50-51,63-71,92,103,105H,9-12,17-21,26-28,39-42,44-47,49H2,1-8H3,(H2,85,106)(H,93,114)(H,94,104)(H,95,110)(H,96,108)(H,97,107)(H,98,109)(H,99,113)(H,100,111)(H,101,112)(H2,86,87,90)(H2,88,89,91)/t51-,63-,64-,65+,66-,67+,68-,69-,70+,71+/m1/s1. The van der Waals surface area contributed by atoms with E-state index in [2.05, 4.69) is 84.1 Å². The Bertz CT molecular complexity index is 4310. The van der Waals surface area contributed by atoms with Gasteiger partial charge in [0.05, 0.1) is 6.61 Å². The molecule has 1 fully saturated rings. The number of phenolic OH excluding ortho intramolecular Hbond substituents is 1. The normalized spacial score (nSPS) is 15.3. The highest BCUT2D eigenvalue weighted by Crippen LogP contribution is 2.24. The number of aliphatic imine (C=N–C) groups is 2. The smallest absolute Gasteiger partial charge is 0.245 e. The Kier molecular flexibility index (Phi) is 36.9. The van der Waals surface area contributed by atoms with Gasteiger partial charge in [-0.25, -0.2) is 0 Å². The number of phenols is 1. The van der Waals surface area contributed by atoms with Crippen molar-refractivity contribution in [1.29, 1.82) is 0 Å². The summed E-state index contributed by atoms with van der Waals surface area (Å²) in [5.74, 6) is -7.65. The molecule has 0 spiro atoms. The van der Waals surface area contributed by atoms with E-state index in [1.807, 2.05) is 102 Å². The Hall–Kier alpha value is -11.3. The van der Waals surface area contributed by atoms with Crippen molar-refractivity contribution in [1.82, 2.24) is 79.0 Å². The van der Waals surface area contributed by atoms with Crippen molar-refractivity contribution in [3.05, 3.63) is 149 Å². The zero-order valence-corrected chi connectivity index (χ0v) is 67.7. The summed E-state index contributed by atoms with van der Waals surface area (Å²) in [4.78, 5) is 172. The lowest BCUT2D eigenvalue weighted by Gasteiger charge is -2.31. The maximum absolute atomic E-state index is 15.3. The molecule has 1 aliphatic heterocycles. The summed E-state index contributed by atoms with van der Waals surface area (Å²) in [6.07, 6.45) is 3.63. The molecule has 0 aliphatic carbocycles. The zero-order chi connectivity index (χ0) is 83.5. The molecule has 1 aromatic heterocycles. The first-order valence-electron chi connectivity index (χ1n) is 39.7. The van der Waals surface area contributed by atoms with Crippen molar-refractivity contribution in [3.8, 4) is 5.75 Å². The molecule has 0 radical (unpaired) electrons. The van der Waals surface area contributed by atoms with Crippen LogP contribution in [0, 0.1) is 5.92 Å². The molecule has 7 rings (SSSR count). The van der Waals surface area contributed by atoms with Crippen LogP contribution in [-0.2, 0) is 78.4 Å². The number of hydrogen-bond donors (Lipinski definition) is 17. The van der Waals surface area contributed by atoms with Gasteiger partial charge < -0.3 is 94.9 Å². The highest BCUT2D eigenvalue weighted by molar-refractivity contribution is 6.30. The van der Waals surface area contributed by atoms with Crippen LogP contribution in [0.3, 0.4) is 0 Å². The van der Waals surface area contributed by atoms with Crippen LogP contribution in [0.2, 0.25) is 5.02 Å². The maximum Gasteiger partial charge on any atom is 0.245 e. The van der Waals surface area contributed by atoms with E-state index in [4.69, 9.17) is 17.3 Å². The summed E-state index contributed by atoms with van der Waals surface area (Å²) < 4.78 is 0. The molecule has 2 heterocycles. The molecular weight excluding hydrogens is 1490 g/mol. The van der Waals surface area contributed by atoms with Crippen LogP contribution in [0.4, 0.5) is 0 Å². The predicted octanol–water partition coefficient (Wildman–Crippen LogP) is 3.36. The Labute approximate surface area is 676 Å². The number of unbranched alkanes of at least 4 members (excludes halogenated alkanes) is 2. The molecule has 5 aromatic carbocycles. The van der Waals surface area contributed by atoms with Crippen LogP contribution >= 0.6 is 11.6 Å². The number of guanidine groups is 2. The molecule has 1 saturated heterocycles. The van der Waals surface area contributed by atoms with Crippen molar-refractivity contribution in [2.75, 3.05) is 52.4 Å². The Morgan fingerprint density at radius 3 is 1.56 bits per heavy atom. The number of rotatable bonds is 44. The van der Waals surface area contributed by atoms with E-state index in [9.17, 15) is 43.8 Å². The number of benzene rings is 5. The van der Waals surface area contributed by atoms with Gasteiger partial charge in [-0.15, -0.1) is 0 Å². The van der Waals surface area contributed by atoms with Gasteiger partial charge in [0.15, 0.2) is 11.9 Å². The van der Waals surface area contributed by atoms with Crippen molar-refractivity contribution in [3.63, 3.8) is 0 Å². The SMILES string of the molecule is CCN=C(NCC)NCCCC[C@@H](NC(=O)[C@H](Cc1ccc(O)cc1)NC(=O)[C@H](CO)NC(=O)[C@@H](Cc1c[nH]c2ccccc12)NC(=O)[C@@H](Cc1ccc(Cl)cc1)NC(=O)[C@@H](Cc1ccc2ccccc2c1)NC(C)=O)C(=O)N[C@@H](CC(C)C)C(=O)N[C@H](CCCCNC(=NCC)NCC)C(=O)N1CCC[C@H]1C(=O)N[C@H](C)C(N)=O. The number of likely N-dealkylation sites (tertiary alicyclic amines) is 1. The Morgan fingerprint density at radius 1 is 0.530 bits per heavy atom. The van der Waals surface area contributed by atoms with E-state index >= 15 is 19.2 Å². The van der Waals surface area contributed by atoms with Gasteiger partial charge in [0.1, 0.15) is 66.2 Å². The molecule has 115 heavy (non-hydrogen) atoms. The van der Waals surface area contributed by atoms with Crippen molar-refractivity contribution in [2.24, 2.45) is 21.6 Å². The number of nitrogens with zero attached hydrogens (tertiary/aromatic N) is 3. The summed E-state index contributed by atoms with van der Waals surface area (Å²) in [5, 5.41) is 62.2. The minimum Gasteiger partial charge on any atom is -0.508 e. The van der Waals surface area contributed by atoms with Gasteiger partial charge in [-0.1, -0.05) is 110 Å². The number of aromatic hydroxyl groups is 1. The maximum atomic E-state index is 15.3. The van der Waals surface area contributed by atoms with Crippen LogP contribution in [-0.4, -0.2) is 210 Å². The molecule has 31 nitrogen and oxygen atoms in total. The van der Waals surface area contributed by atoms with Crippen molar-refractivity contribution < 1.29 is 63.0 Å². The number of carbonyl (C=O) groups is 11. The molecule has 1 aliphatic rings. The number of hydrogen-bond acceptors (Lipinski definition) is 15. The van der Waals surface area contributed by atoms with Crippen molar-refractivity contribution >= 4 is 110 Å². The lowest BCUT2D eigenvalue weighted by molar-refractivity contribution is -0.142. The number of primary amides is 1. The molecule has 11 amide bonds. The van der Waals surface area contributed by atoms with Gasteiger partial charge in [0.25, 0.3) is 0 Å². The second-order valence-electron chi connectivity index (χ2n) is 29.0. The topological polar surface area (TPSA) is 454 Å². The monoisotopic (exact) mass is 1610 g/mol. The van der Waals surface area contributed by atoms with E-state index in [1.165, 1.54) is 43.0 Å². The highest BCUT2D eigenvalue weighted by atomic mass is 35.5. The molecule has 622 valence electrons. The lowest BCUT2D eigenvalue weighted by Crippen LogP contribution is -2.61. The third-order valence-electron chi connectivity index (χ3n) is 19.4. The first-order chi connectivity index (χ1) is 55.2. The number of aliphatic hydroxyl groups is 1. The number of H-pyrrole nitrogens is 1. The van der Waals surface area contributed by atoms with Gasteiger partial charge in [-0.2, -0.15) is 0 Å². The Balaban J connectivity index is 1.17. The number of nitrogens with two attached hydrogens (primary N) is 1. The number of aliphatic hydroxyl groups excluding tert-OH is 1. The molecule has 0 bridgehead atoms. The first-order valence-corrected chi connectivity index (χ1v) is 40.1. The van der Waals surface area contributed by atoms with Gasteiger partial charge in [0.2, 0.25) is 65.0 Å². The van der Waals surface area contributed by atoms with Gasteiger partial charge in [0, 0.05) is 101 Å². The predicted molar refractivity (Wildman–Crippen MR) is 443 cm³/mol. The number of para-hydroxylation sites is 1. The van der Waals surface area contributed by atoms with Crippen molar-refractivity contribution in [2.45, 2.75) is 199 Å². The third kappa shape index (κ3) is 29.2. The largest absolute Gasteiger partial charge is 0.508 e. The van der Waals surface area contributed by atoms with Gasteiger partial charge >= 0.3 is 0 Å². The summed E-state index contributed by atoms with van der Waals surface area (Å²) in [6, 6.07) is 19.4. The van der Waals surface area contributed by atoms with Crippen LogP contribution in [0.1, 0.15) is 135 Å². The molecule has 10 atom stereocenters. The fourth-order valence-electron chi connectivity index (χ4n) is 13.5. The molecule has 6 aromatic rings. The Morgan fingerprint density at radius 2 is 1.00 bits per heavy atom. The highest BCUT2D eigenvalue weighted by Gasteiger charge is 2.41. The number of amides is 11. The fourth-order valence-corrected chi connectivity index (χ4v) is 13.6. The van der Waals surface area contributed by atoms with Crippen LogP contribution in [0.15, 0.2) is 131 Å². The number of aromatic nitrogens is 1. The number of halogens is 1. The quantitative estimate of drug-likeness (QED) is 0.0148. The number of nitrogens with one attached hydrogen (secondary N) is 14. The van der Waals surface area contributed by atoms with E-state index in [1.54, 1.807) is 36.5 Å². The summed E-state index contributed by atoms with van der Waals surface area (Å²) in [5.41, 5.74) is 8.43. The average Bonchev–Trinajstić information content (AvgIpc) is 1.75. The lowest BCUT2D eigenvalue weighted by atomic mass is 9.99. The summed E-state index contributed by atoms with van der Waals surface area (Å²) in [7, 11) is 0. The third-order valence-corrected chi connectivity index (χ3v) is 19.7. The van der Waals surface area contributed by atoms with Crippen LogP contribution in [0.25, 0.3) is 21.7 Å². The second kappa shape index (κ2) is 46.7. The van der Waals surface area contributed by atoms with E-state index < -0.39 is 132 Å². The van der Waals surface area contributed by atoms with Gasteiger partial charge in [-0.05, 0) is 162 Å². The van der Waals surface area contributed by atoms with E-state index in [0.29, 0.717) is 116 Å². The first kappa shape index (κ1) is 90.8. The molecule has 18 N–H and O–H groups in total. The number of carbonyl (C=O) groups excluding carboxylic acids is 11. The van der Waals surface area contributed by atoms with Gasteiger partial charge in [-0.3, -0.25) is 62.7 Å². The molecular formula is C83H115ClN18O13. The second-order valence-corrected chi connectivity index (χ2v) is 29.5. The molecule has 0 unspecified atom stereocenters. The molecule has 0 saturated carbocycles. The van der Waals surface area contributed by atoms with E-state index in [0.717, 1.165) is 16.3 Å². The van der Waals surface area contributed by atoms with Crippen LogP contribution < -0.4 is 74.9 Å². The summed E-state index contributed by atoms with van der Waals surface area (Å²) >= 11 is 6.30. The minimum absolute atomic E-state index is 0.0265. The summed E-state index contributed by atoms with van der Waals surface area (Å²) in [6.45, 7) is 16.2. The fraction of sp³-hybridized carbons (Fsp3) is 0.482. The molecule has 32 heteroatoms. The average molecular weight is 1610 g/mol. The van der Waals surface area contributed by atoms with E-state index in [-0.39, 0.29) is 69.6 Å². The zero-order valence-electron chi connectivity index (χ0n) is 66.9. The minimum atomic E-state index is -1.82. The number of aromatic amines is 1. The number of fused-ring (bicyclic) bond motifs is 2. The van der Waals surface area contributed by atoms with Crippen LogP contribution in [0.5, 0.6) is 5.75 Å².